The number of esters is 1. The summed E-state index contributed by atoms with van der Waals surface area (Å²) < 4.78 is 32.5. The number of hydrogen-bond donors (Lipinski definition) is 6. The molecule has 2 heterocycles. The van der Waals surface area contributed by atoms with Crippen molar-refractivity contribution in [3.05, 3.63) is 35.9 Å². The van der Waals surface area contributed by atoms with Crippen LogP contribution in [-0.4, -0.2) is 119 Å². The molecule has 0 unspecified atom stereocenters. The molecule has 2 saturated heterocycles. The van der Waals surface area contributed by atoms with Crippen LogP contribution in [0, 0.1) is 5.92 Å². The number of hydrogen-bond acceptors (Lipinski definition) is 13. The minimum absolute atomic E-state index is 0.0758. The Kier molecular flexibility index (Phi) is 11.4. The Morgan fingerprint density at radius 1 is 0.949 bits per heavy atom. The summed E-state index contributed by atoms with van der Waals surface area (Å²) >= 11 is 0. The number of nitrogens with one attached hydrogen (secondary N) is 1. The van der Waals surface area contributed by atoms with Crippen LogP contribution >= 0.6 is 0 Å². The molecule has 6 N–H and O–H groups in total. The van der Waals surface area contributed by atoms with Gasteiger partial charge in [-0.05, 0) is 5.56 Å². The van der Waals surface area contributed by atoms with E-state index in [1.54, 1.807) is 44.2 Å². The molecule has 0 bridgehead atoms. The molecule has 14 nitrogen and oxygen atoms in total. The van der Waals surface area contributed by atoms with Crippen molar-refractivity contribution < 1.29 is 63.5 Å². The quantitative estimate of drug-likeness (QED) is 0.179. The molecule has 39 heavy (non-hydrogen) atoms. The van der Waals surface area contributed by atoms with Gasteiger partial charge in [0.05, 0.1) is 19.1 Å². The van der Waals surface area contributed by atoms with E-state index in [4.69, 9.17) is 28.4 Å². The predicted molar refractivity (Wildman–Crippen MR) is 130 cm³/mol. The Hall–Kier alpha value is -2.40. The van der Waals surface area contributed by atoms with Crippen LogP contribution in [0.5, 0.6) is 0 Å². The van der Waals surface area contributed by atoms with Crippen LogP contribution in [0.4, 0.5) is 4.79 Å². The zero-order valence-electron chi connectivity index (χ0n) is 21.9. The van der Waals surface area contributed by atoms with Gasteiger partial charge in [0.25, 0.3) is 0 Å². The summed E-state index contributed by atoms with van der Waals surface area (Å²) in [5.41, 5.74) is 0.710. The Morgan fingerprint density at radius 2 is 1.62 bits per heavy atom. The number of benzene rings is 1. The van der Waals surface area contributed by atoms with Crippen LogP contribution < -0.4 is 5.32 Å². The number of carbonyl (C=O) groups is 2. The third-order valence-corrected chi connectivity index (χ3v) is 6.40. The van der Waals surface area contributed by atoms with Gasteiger partial charge in [0.1, 0.15) is 49.3 Å². The minimum Gasteiger partial charge on any atom is -0.456 e. The second kappa shape index (κ2) is 14.3. The highest BCUT2D eigenvalue weighted by Gasteiger charge is 2.50. The fourth-order valence-electron chi connectivity index (χ4n) is 4.12. The van der Waals surface area contributed by atoms with Crippen molar-refractivity contribution in [1.29, 1.82) is 0 Å². The minimum atomic E-state index is -1.61. The number of ether oxygens (including phenoxy) is 6. The average Bonchev–Trinajstić information content (AvgIpc) is 2.93. The molecule has 14 heteroatoms. The van der Waals surface area contributed by atoms with Gasteiger partial charge in [0.2, 0.25) is 0 Å². The Morgan fingerprint density at radius 3 is 2.23 bits per heavy atom. The molecule has 2 fully saturated rings. The third kappa shape index (κ3) is 7.84. The number of aliphatic hydroxyl groups excluding tert-OH is 5. The molecule has 0 aromatic heterocycles. The first-order valence-corrected chi connectivity index (χ1v) is 12.5. The second-order valence-electron chi connectivity index (χ2n) is 9.59. The summed E-state index contributed by atoms with van der Waals surface area (Å²) in [6.45, 7) is 1.98. The van der Waals surface area contributed by atoms with Crippen molar-refractivity contribution >= 4 is 12.1 Å². The largest absolute Gasteiger partial charge is 0.456 e. The van der Waals surface area contributed by atoms with Crippen molar-refractivity contribution in [3.63, 3.8) is 0 Å². The van der Waals surface area contributed by atoms with Crippen molar-refractivity contribution in [2.24, 2.45) is 5.92 Å². The summed E-state index contributed by atoms with van der Waals surface area (Å²) in [5, 5.41) is 53.9. The topological polar surface area (TPSA) is 203 Å². The van der Waals surface area contributed by atoms with E-state index in [9.17, 15) is 35.1 Å². The number of alkyl carbamates (subject to hydrolysis) is 1. The highest BCUT2D eigenvalue weighted by atomic mass is 16.7. The maximum absolute atomic E-state index is 12.6. The molecule has 0 radical (unpaired) electrons. The molecule has 2 aliphatic heterocycles. The molecule has 2 aliphatic rings. The number of methoxy groups -OCH3 is 1. The first-order chi connectivity index (χ1) is 18.6. The molecule has 3 rings (SSSR count). The number of aliphatic hydroxyl groups is 5. The Bertz CT molecular complexity index is 916. The smallest absolute Gasteiger partial charge is 0.407 e. The lowest BCUT2D eigenvalue weighted by molar-refractivity contribution is -0.316. The van der Waals surface area contributed by atoms with Crippen LogP contribution in [-0.2, 0) is 39.8 Å². The van der Waals surface area contributed by atoms with E-state index < -0.39 is 92.5 Å². The van der Waals surface area contributed by atoms with Crippen LogP contribution in [0.15, 0.2) is 30.3 Å². The molecule has 220 valence electrons. The summed E-state index contributed by atoms with van der Waals surface area (Å²) in [7, 11) is 1.24. The summed E-state index contributed by atoms with van der Waals surface area (Å²) in [6, 6.07) is 7.48. The van der Waals surface area contributed by atoms with Gasteiger partial charge < -0.3 is 59.3 Å². The van der Waals surface area contributed by atoms with E-state index in [2.05, 4.69) is 5.32 Å². The highest BCUT2D eigenvalue weighted by molar-refractivity contribution is 5.72. The highest BCUT2D eigenvalue weighted by Crippen LogP contribution is 2.28. The fraction of sp³-hybridized carbons (Fsp3) is 0.680. The molecule has 0 saturated carbocycles. The third-order valence-electron chi connectivity index (χ3n) is 6.40. The Balaban J connectivity index is 1.75. The van der Waals surface area contributed by atoms with E-state index >= 15 is 0 Å². The fourth-order valence-corrected chi connectivity index (χ4v) is 4.12. The van der Waals surface area contributed by atoms with Crippen LogP contribution in [0.2, 0.25) is 0 Å². The standard InChI is InChI=1S/C25H37NO13/c1-12(2)22(32)39-21-14(9-27)37-23(35-11-15-17(28)19(30)20(31)24(34-3)38-15)16(18(21)29)26-25(33)36-10-13-7-5-4-6-8-13/h4-8,12,14-21,23-24,27-31H,9-11H2,1-3H3,(H,26,33)/t14-,15-,16-,17-,18-,19+,20-,21-,23-,24+/m1/s1. The van der Waals surface area contributed by atoms with E-state index in [1.165, 1.54) is 7.11 Å². The maximum atomic E-state index is 12.6. The van der Waals surface area contributed by atoms with Gasteiger partial charge in [-0.3, -0.25) is 4.79 Å². The SMILES string of the molecule is CO[C@H]1O[C@H](CO[C@@H]2O[C@H](CO)[C@@H](OC(=O)C(C)C)[C@H](O)[C@H]2NC(=O)OCc2ccccc2)[C@@H](O)[C@H](O)[C@H]1O. The van der Waals surface area contributed by atoms with E-state index in [-0.39, 0.29) is 6.61 Å². The van der Waals surface area contributed by atoms with E-state index in [0.29, 0.717) is 5.56 Å². The lowest BCUT2D eigenvalue weighted by Gasteiger charge is -2.44. The predicted octanol–water partition coefficient (Wildman–Crippen LogP) is -1.60. The van der Waals surface area contributed by atoms with Crippen LogP contribution in [0.1, 0.15) is 19.4 Å². The van der Waals surface area contributed by atoms with Gasteiger partial charge in [-0.15, -0.1) is 0 Å². The lowest BCUT2D eigenvalue weighted by atomic mass is 9.96. The van der Waals surface area contributed by atoms with Gasteiger partial charge in [0, 0.05) is 7.11 Å². The van der Waals surface area contributed by atoms with Crippen LogP contribution in [0.25, 0.3) is 0 Å². The normalized spacial score (nSPS) is 34.9. The lowest BCUT2D eigenvalue weighted by Crippen LogP contribution is -2.66. The van der Waals surface area contributed by atoms with Crippen LogP contribution in [0.3, 0.4) is 0 Å². The van der Waals surface area contributed by atoms with Crippen molar-refractivity contribution in [1.82, 2.24) is 5.32 Å². The van der Waals surface area contributed by atoms with Gasteiger partial charge in [-0.1, -0.05) is 44.2 Å². The van der Waals surface area contributed by atoms with Gasteiger partial charge >= 0.3 is 12.1 Å². The molecule has 1 aromatic carbocycles. The number of amides is 1. The van der Waals surface area contributed by atoms with Gasteiger partial charge in [-0.2, -0.15) is 0 Å². The zero-order chi connectivity index (χ0) is 28.7. The van der Waals surface area contributed by atoms with Gasteiger partial charge in [0.15, 0.2) is 18.7 Å². The monoisotopic (exact) mass is 559 g/mol. The van der Waals surface area contributed by atoms with E-state index in [1.807, 2.05) is 0 Å². The molecular weight excluding hydrogens is 522 g/mol. The maximum Gasteiger partial charge on any atom is 0.407 e. The Labute approximate surface area is 225 Å². The first kappa shape index (κ1) is 31.1. The second-order valence-corrected chi connectivity index (χ2v) is 9.59. The number of rotatable bonds is 10. The van der Waals surface area contributed by atoms with Crippen molar-refractivity contribution in [3.8, 4) is 0 Å². The van der Waals surface area contributed by atoms with E-state index in [0.717, 1.165) is 0 Å². The molecular formula is C25H37NO13. The number of carbonyl (C=O) groups excluding carboxylic acids is 2. The van der Waals surface area contributed by atoms with Gasteiger partial charge in [-0.25, -0.2) is 4.79 Å². The van der Waals surface area contributed by atoms with Crippen molar-refractivity contribution in [2.75, 3.05) is 20.3 Å². The molecule has 0 spiro atoms. The molecule has 10 atom stereocenters. The zero-order valence-corrected chi connectivity index (χ0v) is 21.9. The summed E-state index contributed by atoms with van der Waals surface area (Å²) in [4.78, 5) is 24.9. The summed E-state index contributed by atoms with van der Waals surface area (Å²) in [5.74, 6) is -1.21. The summed E-state index contributed by atoms with van der Waals surface area (Å²) in [6.07, 6.45) is -13.8. The first-order valence-electron chi connectivity index (χ1n) is 12.5. The molecule has 0 aliphatic carbocycles. The average molecular weight is 560 g/mol. The molecule has 1 amide bonds. The van der Waals surface area contributed by atoms with Crippen molar-refractivity contribution in [2.45, 2.75) is 81.8 Å². The molecule has 1 aromatic rings.